The van der Waals surface area contributed by atoms with Gasteiger partial charge in [0, 0.05) is 12.3 Å². The Kier molecular flexibility index (Phi) is 5.13. The molecule has 25 heavy (non-hydrogen) atoms. The number of hydrogen-bond acceptors (Lipinski definition) is 6. The number of ether oxygens (including phenoxy) is 2. The van der Waals surface area contributed by atoms with Crippen molar-refractivity contribution in [3.63, 3.8) is 0 Å². The molecule has 0 radical (unpaired) electrons. The second kappa shape index (κ2) is 7.47. The van der Waals surface area contributed by atoms with Gasteiger partial charge in [-0.3, -0.25) is 19.5 Å². The fourth-order valence-corrected chi connectivity index (χ4v) is 2.70. The van der Waals surface area contributed by atoms with Gasteiger partial charge in [0.1, 0.15) is 18.4 Å². The maximum atomic E-state index is 12.2. The Hall–Kier alpha value is -2.68. The van der Waals surface area contributed by atoms with Gasteiger partial charge in [-0.05, 0) is 25.5 Å². The number of urea groups is 1. The minimum atomic E-state index is -0.550. The molecule has 2 saturated heterocycles. The van der Waals surface area contributed by atoms with Crippen LogP contribution in [-0.4, -0.2) is 66.2 Å². The summed E-state index contributed by atoms with van der Waals surface area (Å²) >= 11 is 0. The van der Waals surface area contributed by atoms with E-state index in [0.717, 1.165) is 10.6 Å². The van der Waals surface area contributed by atoms with Crippen LogP contribution in [0.1, 0.15) is 12.1 Å². The van der Waals surface area contributed by atoms with E-state index in [1.807, 2.05) is 19.1 Å². The van der Waals surface area contributed by atoms with Gasteiger partial charge >= 0.3 is 6.03 Å². The topological polar surface area (TPSA) is 110 Å². The summed E-state index contributed by atoms with van der Waals surface area (Å²) < 4.78 is 11.3. The molecule has 4 amide bonds. The number of pyridine rings is 1. The van der Waals surface area contributed by atoms with Gasteiger partial charge in [-0.2, -0.15) is 0 Å². The minimum absolute atomic E-state index is 0.0739. The smallest absolute Gasteiger partial charge is 0.325 e. The number of nitrogens with zero attached hydrogens (tertiary/aromatic N) is 2. The number of rotatable bonds is 5. The Morgan fingerprint density at radius 1 is 1.48 bits per heavy atom. The van der Waals surface area contributed by atoms with Crippen molar-refractivity contribution in [3.05, 3.63) is 24.0 Å². The Bertz CT molecular complexity index is 647. The molecule has 3 rings (SSSR count). The van der Waals surface area contributed by atoms with Crippen LogP contribution in [0.3, 0.4) is 0 Å². The Morgan fingerprint density at radius 3 is 3.00 bits per heavy atom. The minimum Gasteiger partial charge on any atom is -0.484 e. The third kappa shape index (κ3) is 4.24. The van der Waals surface area contributed by atoms with E-state index in [0.29, 0.717) is 25.4 Å². The van der Waals surface area contributed by atoms with Gasteiger partial charge in [0.2, 0.25) is 5.91 Å². The van der Waals surface area contributed by atoms with Gasteiger partial charge in [-0.15, -0.1) is 0 Å². The van der Waals surface area contributed by atoms with Crippen molar-refractivity contribution in [1.82, 2.24) is 20.5 Å². The maximum absolute atomic E-state index is 12.2. The summed E-state index contributed by atoms with van der Waals surface area (Å²) in [5.74, 6) is -0.229. The van der Waals surface area contributed by atoms with Crippen LogP contribution in [0, 0.1) is 6.92 Å². The summed E-state index contributed by atoms with van der Waals surface area (Å²) in [6, 6.07) is 2.82. The number of hydrogen-bond donors (Lipinski definition) is 2. The third-order valence-electron chi connectivity index (χ3n) is 4.06. The predicted molar refractivity (Wildman–Crippen MR) is 85.9 cm³/mol. The van der Waals surface area contributed by atoms with E-state index in [1.54, 1.807) is 6.20 Å². The molecule has 9 nitrogen and oxygen atoms in total. The summed E-state index contributed by atoms with van der Waals surface area (Å²) in [4.78, 5) is 40.3. The highest BCUT2D eigenvalue weighted by Gasteiger charge is 2.33. The van der Waals surface area contributed by atoms with E-state index in [9.17, 15) is 14.4 Å². The van der Waals surface area contributed by atoms with E-state index in [4.69, 9.17) is 9.47 Å². The molecule has 2 aliphatic rings. The average Bonchev–Trinajstić information content (AvgIpc) is 2.90. The van der Waals surface area contributed by atoms with E-state index >= 15 is 0 Å². The summed E-state index contributed by atoms with van der Waals surface area (Å²) in [5.41, 5.74) is 0.880. The average molecular weight is 348 g/mol. The van der Waals surface area contributed by atoms with Gasteiger partial charge < -0.3 is 20.1 Å². The van der Waals surface area contributed by atoms with Crippen LogP contribution in [0.25, 0.3) is 0 Å². The molecule has 0 spiro atoms. The predicted octanol–water partition coefficient (Wildman–Crippen LogP) is -0.406. The maximum Gasteiger partial charge on any atom is 0.325 e. The zero-order valence-corrected chi connectivity index (χ0v) is 13.9. The second-order valence-electron chi connectivity index (χ2n) is 5.97. The fraction of sp³-hybridized carbons (Fsp3) is 0.500. The number of aromatic nitrogens is 1. The molecule has 0 aliphatic carbocycles. The molecule has 0 aromatic carbocycles. The first-order chi connectivity index (χ1) is 12.0. The molecule has 2 aliphatic heterocycles. The van der Waals surface area contributed by atoms with Crippen LogP contribution in [0.5, 0.6) is 5.75 Å². The molecule has 3 heterocycles. The highest BCUT2D eigenvalue weighted by molar-refractivity contribution is 6.04. The van der Waals surface area contributed by atoms with Gasteiger partial charge in [0.15, 0.2) is 0 Å². The lowest BCUT2D eigenvalue weighted by Gasteiger charge is -2.32. The molecule has 0 unspecified atom stereocenters. The second-order valence-corrected chi connectivity index (χ2v) is 5.97. The number of amides is 4. The summed E-state index contributed by atoms with van der Waals surface area (Å²) in [6.07, 6.45) is 1.83. The Morgan fingerprint density at radius 2 is 2.32 bits per heavy atom. The molecule has 9 heteroatoms. The van der Waals surface area contributed by atoms with Crippen molar-refractivity contribution in [1.29, 1.82) is 0 Å². The lowest BCUT2D eigenvalue weighted by Crippen LogP contribution is -2.53. The van der Waals surface area contributed by atoms with Crippen LogP contribution in [0.2, 0.25) is 0 Å². The number of aryl methyl sites for hydroxylation is 1. The van der Waals surface area contributed by atoms with E-state index < -0.39 is 17.8 Å². The van der Waals surface area contributed by atoms with Crippen molar-refractivity contribution < 1.29 is 23.9 Å². The fourth-order valence-electron chi connectivity index (χ4n) is 2.70. The molecule has 2 N–H and O–H groups in total. The first-order valence-electron chi connectivity index (χ1n) is 8.07. The number of nitrogens with one attached hydrogen (secondary N) is 2. The van der Waals surface area contributed by atoms with Gasteiger partial charge in [0.05, 0.1) is 25.4 Å². The standard InChI is InChI=1S/C16H20N4O5/c1-10-2-3-11(6-17-10)25-13-9-24-5-4-12(13)19-14(21)8-20-15(22)7-18-16(20)23/h2-3,6,12-13H,4-5,7-9H2,1H3,(H,18,23)(H,19,21)/t12-,13+/m0/s1. The largest absolute Gasteiger partial charge is 0.484 e. The van der Waals surface area contributed by atoms with Gasteiger partial charge in [-0.1, -0.05) is 0 Å². The number of imide groups is 1. The summed E-state index contributed by atoms with van der Waals surface area (Å²) in [7, 11) is 0. The summed E-state index contributed by atoms with van der Waals surface area (Å²) in [6.45, 7) is 2.34. The zero-order valence-electron chi connectivity index (χ0n) is 13.9. The first-order valence-corrected chi connectivity index (χ1v) is 8.07. The molecule has 134 valence electrons. The number of carbonyl (C=O) groups excluding carboxylic acids is 3. The van der Waals surface area contributed by atoms with Gasteiger partial charge in [0.25, 0.3) is 5.91 Å². The molecule has 1 aromatic rings. The normalized spacial score (nSPS) is 23.3. The van der Waals surface area contributed by atoms with E-state index in [2.05, 4.69) is 15.6 Å². The molecule has 0 bridgehead atoms. The SMILES string of the molecule is Cc1ccc(O[C@@H]2COCC[C@@H]2NC(=O)CN2C(=O)CNC2=O)cn1. The zero-order chi connectivity index (χ0) is 17.8. The van der Waals surface area contributed by atoms with Crippen LogP contribution in [-0.2, 0) is 14.3 Å². The van der Waals surface area contributed by atoms with Crippen LogP contribution >= 0.6 is 0 Å². The quantitative estimate of drug-likeness (QED) is 0.701. The van der Waals surface area contributed by atoms with Crippen molar-refractivity contribution in [2.24, 2.45) is 0 Å². The molecule has 0 saturated carbocycles. The van der Waals surface area contributed by atoms with E-state index in [-0.39, 0.29) is 25.2 Å². The van der Waals surface area contributed by atoms with Crippen LogP contribution in [0.15, 0.2) is 18.3 Å². The highest BCUT2D eigenvalue weighted by atomic mass is 16.5. The van der Waals surface area contributed by atoms with Crippen molar-refractivity contribution in [2.75, 3.05) is 26.3 Å². The molecule has 2 atom stereocenters. The van der Waals surface area contributed by atoms with Crippen molar-refractivity contribution >= 4 is 17.8 Å². The molecular formula is C16H20N4O5. The summed E-state index contributed by atoms with van der Waals surface area (Å²) in [5, 5.41) is 5.21. The third-order valence-corrected chi connectivity index (χ3v) is 4.06. The molecular weight excluding hydrogens is 328 g/mol. The van der Waals surface area contributed by atoms with Crippen molar-refractivity contribution in [3.8, 4) is 5.75 Å². The lowest BCUT2D eigenvalue weighted by atomic mass is 10.1. The lowest BCUT2D eigenvalue weighted by molar-refractivity contribution is -0.131. The molecule has 1 aromatic heterocycles. The van der Waals surface area contributed by atoms with Gasteiger partial charge in [-0.25, -0.2) is 4.79 Å². The Balaban J connectivity index is 1.58. The Labute approximate surface area is 144 Å². The highest BCUT2D eigenvalue weighted by Crippen LogP contribution is 2.17. The number of carbonyl (C=O) groups is 3. The van der Waals surface area contributed by atoms with Crippen LogP contribution in [0.4, 0.5) is 4.79 Å². The van der Waals surface area contributed by atoms with E-state index in [1.165, 1.54) is 0 Å². The first kappa shape index (κ1) is 17.2. The molecule has 2 fully saturated rings. The monoisotopic (exact) mass is 348 g/mol. The van der Waals surface area contributed by atoms with Crippen LogP contribution < -0.4 is 15.4 Å². The van der Waals surface area contributed by atoms with Crippen molar-refractivity contribution in [2.45, 2.75) is 25.5 Å².